The normalized spacial score (nSPS) is 17.1. The van der Waals surface area contributed by atoms with E-state index in [1.807, 2.05) is 0 Å². The van der Waals surface area contributed by atoms with Crippen LogP contribution in [0.25, 0.3) is 22.3 Å². The minimum atomic E-state index is -0.107. The lowest BCUT2D eigenvalue weighted by atomic mass is 9.53. The van der Waals surface area contributed by atoms with Crippen LogP contribution in [0.1, 0.15) is 153 Å². The first kappa shape index (κ1) is 45.0. The molecule has 3 aliphatic rings. The zero-order chi connectivity index (χ0) is 47.6. The van der Waals surface area contributed by atoms with Crippen molar-refractivity contribution < 1.29 is 0 Å². The standard InChI is InChI=1S/C64H71BN2/c1-40-32-56-59-57(33-40)67(54-38-47(41-22-17-15-18-23-41)50(62(8,9)10)36-48(54)42-24-19-16-20-25-42)55-39-52-51(63(11,12)30-31-64(52,13)14)37-49(55)58(65-59)46-29-28-44(61(5,6)7)35-53(46)66(56)45-27-21-26-43(34-45)60(2,3)4/h15-29,32-39,58,65H,30-31H2,1-14H3. The molecule has 2 bridgehead atoms. The highest BCUT2D eigenvalue weighted by atomic mass is 15.2. The molecule has 1 unspecified atom stereocenters. The van der Waals surface area contributed by atoms with Gasteiger partial charge in [-0.3, -0.25) is 0 Å². The average molecular weight is 879 g/mol. The molecule has 340 valence electrons. The molecule has 0 spiro atoms. The number of aryl methyl sites for hydroxylation is 1. The molecule has 1 aliphatic carbocycles. The zero-order valence-corrected chi connectivity index (χ0v) is 42.9. The Labute approximate surface area is 403 Å². The van der Waals surface area contributed by atoms with Gasteiger partial charge in [0.2, 0.25) is 0 Å². The van der Waals surface area contributed by atoms with Crippen LogP contribution in [0.4, 0.5) is 34.1 Å². The van der Waals surface area contributed by atoms with E-state index in [2.05, 4.69) is 246 Å². The SMILES string of the molecule is Cc1cc2c3c(c1)N(c1cc(-c4ccccc4)c(C(C)(C)C)cc1-c1ccccc1)c1cc4c(cc1C(B3)c1ccc(C(C)(C)C)cc1N2c1cccc(C(C)(C)C)c1)C(C)(C)CCC4(C)C. The molecule has 2 aliphatic heterocycles. The van der Waals surface area contributed by atoms with Crippen LogP contribution in [0.5, 0.6) is 0 Å². The molecule has 0 radical (unpaired) electrons. The fraction of sp³-hybridized carbons (Fsp3) is 0.344. The molecule has 0 N–H and O–H groups in total. The molecular weight excluding hydrogens is 808 g/mol. The van der Waals surface area contributed by atoms with E-state index in [0.29, 0.717) is 0 Å². The molecule has 2 heterocycles. The molecular formula is C64H71BN2. The van der Waals surface area contributed by atoms with Gasteiger partial charge in [-0.25, -0.2) is 0 Å². The number of hydrogen-bond donors (Lipinski definition) is 0. The second-order valence-electron chi connectivity index (χ2n) is 24.7. The van der Waals surface area contributed by atoms with Gasteiger partial charge in [-0.15, -0.1) is 0 Å². The highest BCUT2D eigenvalue weighted by Gasteiger charge is 2.43. The molecule has 10 rings (SSSR count). The van der Waals surface area contributed by atoms with Crippen molar-refractivity contribution in [2.24, 2.45) is 0 Å². The molecule has 2 nitrogen and oxygen atoms in total. The number of benzene rings is 7. The summed E-state index contributed by atoms with van der Waals surface area (Å²) in [4.78, 5) is 5.38. The number of fused-ring (bicyclic) bond motifs is 6. The van der Waals surface area contributed by atoms with Crippen molar-refractivity contribution in [2.45, 2.75) is 143 Å². The van der Waals surface area contributed by atoms with E-state index in [9.17, 15) is 0 Å². The van der Waals surface area contributed by atoms with Crippen LogP contribution in [0.2, 0.25) is 0 Å². The minimum Gasteiger partial charge on any atom is -0.311 e. The Morgan fingerprint density at radius 3 is 1.61 bits per heavy atom. The summed E-state index contributed by atoms with van der Waals surface area (Å²) in [6.45, 7) is 33.4. The van der Waals surface area contributed by atoms with Crippen molar-refractivity contribution in [1.82, 2.24) is 0 Å². The molecule has 7 aromatic rings. The van der Waals surface area contributed by atoms with Gasteiger partial charge in [0.05, 0.1) is 5.69 Å². The lowest BCUT2D eigenvalue weighted by molar-refractivity contribution is 0.331. The van der Waals surface area contributed by atoms with Crippen LogP contribution in [0.3, 0.4) is 0 Å². The van der Waals surface area contributed by atoms with Gasteiger partial charge in [0.25, 0.3) is 0 Å². The first-order chi connectivity index (χ1) is 31.5. The highest BCUT2D eigenvalue weighted by Crippen LogP contribution is 2.57. The highest BCUT2D eigenvalue weighted by molar-refractivity contribution is 6.61. The van der Waals surface area contributed by atoms with Crippen LogP contribution in [0, 0.1) is 6.92 Å². The summed E-state index contributed by atoms with van der Waals surface area (Å²) in [6, 6.07) is 54.6. The second-order valence-corrected chi connectivity index (χ2v) is 24.7. The van der Waals surface area contributed by atoms with Crippen LogP contribution in [-0.4, -0.2) is 7.28 Å². The van der Waals surface area contributed by atoms with Crippen LogP contribution in [-0.2, 0) is 27.1 Å². The van der Waals surface area contributed by atoms with E-state index in [-0.39, 0.29) is 32.9 Å². The monoisotopic (exact) mass is 879 g/mol. The number of anilines is 6. The van der Waals surface area contributed by atoms with Gasteiger partial charge in [-0.1, -0.05) is 181 Å². The van der Waals surface area contributed by atoms with E-state index in [0.717, 1.165) is 13.7 Å². The summed E-state index contributed by atoms with van der Waals surface area (Å²) in [5.41, 5.74) is 25.0. The third kappa shape index (κ3) is 7.75. The maximum absolute atomic E-state index is 2.73. The Morgan fingerprint density at radius 2 is 1.01 bits per heavy atom. The second kappa shape index (κ2) is 15.6. The summed E-state index contributed by atoms with van der Waals surface area (Å²) in [6.07, 6.45) is 2.32. The van der Waals surface area contributed by atoms with E-state index < -0.39 is 0 Å². The lowest BCUT2D eigenvalue weighted by Gasteiger charge is -2.44. The lowest BCUT2D eigenvalue weighted by Crippen LogP contribution is -2.34. The van der Waals surface area contributed by atoms with Crippen LogP contribution < -0.4 is 15.3 Å². The summed E-state index contributed by atoms with van der Waals surface area (Å²) >= 11 is 0. The first-order valence-electron chi connectivity index (χ1n) is 25.0. The Bertz CT molecular complexity index is 3060. The van der Waals surface area contributed by atoms with E-state index in [4.69, 9.17) is 0 Å². The quantitative estimate of drug-likeness (QED) is 0.163. The van der Waals surface area contributed by atoms with E-state index >= 15 is 0 Å². The van der Waals surface area contributed by atoms with Crippen molar-refractivity contribution in [1.29, 1.82) is 0 Å². The van der Waals surface area contributed by atoms with Gasteiger partial charge >= 0.3 is 0 Å². The molecule has 0 saturated heterocycles. The number of nitrogens with zero attached hydrogens (tertiary/aromatic N) is 2. The largest absolute Gasteiger partial charge is 0.311 e. The van der Waals surface area contributed by atoms with Gasteiger partial charge < -0.3 is 9.80 Å². The zero-order valence-electron chi connectivity index (χ0n) is 42.9. The van der Waals surface area contributed by atoms with Crippen molar-refractivity contribution in [3.05, 3.63) is 184 Å². The average Bonchev–Trinajstić information content (AvgIpc) is 3.51. The van der Waals surface area contributed by atoms with Crippen LogP contribution >= 0.6 is 0 Å². The Morgan fingerprint density at radius 1 is 0.463 bits per heavy atom. The fourth-order valence-corrected chi connectivity index (χ4v) is 11.6. The Balaban J connectivity index is 1.40. The summed E-state index contributed by atoms with van der Waals surface area (Å²) < 4.78 is 0. The molecule has 3 heteroatoms. The molecule has 0 amide bonds. The summed E-state index contributed by atoms with van der Waals surface area (Å²) in [5, 5.41) is 0. The van der Waals surface area contributed by atoms with Crippen molar-refractivity contribution in [2.75, 3.05) is 9.80 Å². The minimum absolute atomic E-state index is 0.00849. The van der Waals surface area contributed by atoms with Crippen LogP contribution in [0.15, 0.2) is 140 Å². The van der Waals surface area contributed by atoms with Crippen molar-refractivity contribution in [3.8, 4) is 22.3 Å². The van der Waals surface area contributed by atoms with E-state index in [1.54, 1.807) is 0 Å². The van der Waals surface area contributed by atoms with Gasteiger partial charge in [-0.05, 0) is 168 Å². The van der Waals surface area contributed by atoms with Crippen molar-refractivity contribution in [3.63, 3.8) is 0 Å². The number of hydrogen-bond acceptors (Lipinski definition) is 2. The Hall–Kier alpha value is -5.80. The van der Waals surface area contributed by atoms with Crippen molar-refractivity contribution >= 4 is 46.9 Å². The van der Waals surface area contributed by atoms with Gasteiger partial charge in [0, 0.05) is 34.0 Å². The van der Waals surface area contributed by atoms with Gasteiger partial charge in [0.1, 0.15) is 0 Å². The third-order valence-corrected chi connectivity index (χ3v) is 15.7. The first-order valence-corrected chi connectivity index (χ1v) is 25.0. The molecule has 7 aromatic carbocycles. The predicted molar refractivity (Wildman–Crippen MR) is 291 cm³/mol. The number of rotatable bonds is 4. The molecule has 0 fully saturated rings. The summed E-state index contributed by atoms with van der Waals surface area (Å²) in [7, 11) is 0.890. The maximum Gasteiger partial charge on any atom is 0.176 e. The molecule has 0 aromatic heterocycles. The molecule has 1 atom stereocenters. The third-order valence-electron chi connectivity index (χ3n) is 15.7. The topological polar surface area (TPSA) is 6.48 Å². The Kier molecular flexibility index (Phi) is 10.5. The maximum atomic E-state index is 2.73. The van der Waals surface area contributed by atoms with Gasteiger partial charge in [0.15, 0.2) is 7.28 Å². The molecule has 0 saturated carbocycles. The van der Waals surface area contributed by atoms with Gasteiger partial charge in [-0.2, -0.15) is 0 Å². The predicted octanol–water partition coefficient (Wildman–Crippen LogP) is 17.0. The van der Waals surface area contributed by atoms with E-state index in [1.165, 1.54) is 113 Å². The summed E-state index contributed by atoms with van der Waals surface area (Å²) in [5.74, 6) is 0.105. The fourth-order valence-electron chi connectivity index (χ4n) is 11.6. The smallest absolute Gasteiger partial charge is 0.176 e. The molecule has 67 heavy (non-hydrogen) atoms.